The van der Waals surface area contributed by atoms with Crippen LogP contribution in [0.1, 0.15) is 49.4 Å². The second-order valence-corrected chi connectivity index (χ2v) is 10.2. The average Bonchev–Trinajstić information content (AvgIpc) is 2.83. The van der Waals surface area contributed by atoms with Crippen molar-refractivity contribution in [1.82, 2.24) is 9.97 Å². The summed E-state index contributed by atoms with van der Waals surface area (Å²) in [5.74, 6) is -0.140. The Morgan fingerprint density at radius 2 is 1.60 bits per heavy atom. The number of nitrogens with zero attached hydrogens (tertiary/aromatic N) is 2. The van der Waals surface area contributed by atoms with Crippen LogP contribution in [-0.2, 0) is 10.0 Å². The molecular weight excluding hydrogens is 511 g/mol. The molecule has 0 atom stereocenters. The van der Waals surface area contributed by atoms with Gasteiger partial charge in [-0.1, -0.05) is 55.8 Å². The molecule has 0 aliphatic rings. The van der Waals surface area contributed by atoms with Gasteiger partial charge in [-0.2, -0.15) is 0 Å². The van der Waals surface area contributed by atoms with Gasteiger partial charge in [0.1, 0.15) is 0 Å². The maximum Gasteiger partial charge on any atom is 0.264 e. The van der Waals surface area contributed by atoms with Crippen molar-refractivity contribution in [3.63, 3.8) is 0 Å². The largest absolute Gasteiger partial charge is 0.490 e. The van der Waals surface area contributed by atoms with Crippen LogP contribution in [0.4, 0.5) is 11.6 Å². The zero-order chi connectivity index (χ0) is 25.3. The van der Waals surface area contributed by atoms with E-state index in [1.807, 2.05) is 0 Å². The summed E-state index contributed by atoms with van der Waals surface area (Å²) in [6.07, 6.45) is 8.35. The highest BCUT2D eigenvalue weighted by atomic mass is 35.5. The summed E-state index contributed by atoms with van der Waals surface area (Å²) in [7, 11) is -3.88. The number of amides is 1. The number of unbranched alkanes of at least 4 members (excludes halogenated alkanes) is 4. The second kappa shape index (κ2) is 12.7. The van der Waals surface area contributed by atoms with Crippen molar-refractivity contribution in [1.29, 1.82) is 0 Å². The Balaban J connectivity index is 1.61. The number of hydrogen-bond acceptors (Lipinski definition) is 6. The van der Waals surface area contributed by atoms with Crippen LogP contribution in [0.5, 0.6) is 5.75 Å². The van der Waals surface area contributed by atoms with Crippen LogP contribution in [0, 0.1) is 0 Å². The lowest BCUT2D eigenvalue weighted by molar-refractivity contribution is 0.102. The van der Waals surface area contributed by atoms with Crippen molar-refractivity contribution in [2.45, 2.75) is 43.9 Å². The number of sulfonamides is 1. The van der Waals surface area contributed by atoms with Gasteiger partial charge in [-0.3, -0.25) is 4.79 Å². The molecule has 1 aromatic heterocycles. The number of aromatic nitrogens is 2. The number of nitrogens with one attached hydrogen (secondary N) is 2. The molecule has 186 valence electrons. The monoisotopic (exact) mass is 536 g/mol. The topological polar surface area (TPSA) is 110 Å². The zero-order valence-electron chi connectivity index (χ0n) is 19.1. The molecule has 0 radical (unpaired) electrons. The number of anilines is 2. The Hall–Kier alpha value is -2.88. The molecule has 1 heterocycles. The summed E-state index contributed by atoms with van der Waals surface area (Å²) in [5, 5.41) is 3.18. The van der Waals surface area contributed by atoms with Gasteiger partial charge in [-0.05, 0) is 48.9 Å². The van der Waals surface area contributed by atoms with Crippen LogP contribution >= 0.6 is 23.2 Å². The van der Waals surface area contributed by atoms with Crippen molar-refractivity contribution < 1.29 is 17.9 Å². The van der Waals surface area contributed by atoms with E-state index in [1.54, 1.807) is 6.07 Å². The van der Waals surface area contributed by atoms with Crippen LogP contribution in [0.15, 0.2) is 59.8 Å². The minimum atomic E-state index is -3.88. The summed E-state index contributed by atoms with van der Waals surface area (Å²) in [6, 6.07) is 10.2. The first kappa shape index (κ1) is 26.7. The molecule has 35 heavy (non-hydrogen) atoms. The van der Waals surface area contributed by atoms with Gasteiger partial charge in [-0.15, -0.1) is 0 Å². The number of carbonyl (C=O) groups excluding carboxylic acids is 1. The zero-order valence-corrected chi connectivity index (χ0v) is 21.5. The fraction of sp³-hybridized carbons (Fsp3) is 0.292. The maximum absolute atomic E-state index is 12.7. The van der Waals surface area contributed by atoms with E-state index in [-0.39, 0.29) is 26.5 Å². The van der Waals surface area contributed by atoms with E-state index in [4.69, 9.17) is 27.9 Å². The van der Waals surface area contributed by atoms with Gasteiger partial charge in [0.05, 0.1) is 21.5 Å². The molecule has 0 spiro atoms. The first-order valence-corrected chi connectivity index (χ1v) is 13.4. The molecule has 0 aliphatic carbocycles. The minimum Gasteiger partial charge on any atom is -0.490 e. The Labute approximate surface area is 215 Å². The van der Waals surface area contributed by atoms with Crippen LogP contribution in [0.3, 0.4) is 0 Å². The molecule has 1 amide bonds. The SMILES string of the molecule is CCCCCCCOc1c(Cl)cc(C(=O)Nc2ccc(S(=O)(=O)Nc3ncccn3)cc2)cc1Cl. The lowest BCUT2D eigenvalue weighted by Crippen LogP contribution is -2.15. The van der Waals surface area contributed by atoms with Crippen LogP contribution in [0.25, 0.3) is 0 Å². The number of rotatable bonds is 12. The Morgan fingerprint density at radius 3 is 2.23 bits per heavy atom. The fourth-order valence-electron chi connectivity index (χ4n) is 3.16. The van der Waals surface area contributed by atoms with Gasteiger partial charge in [0.25, 0.3) is 15.9 Å². The molecule has 8 nitrogen and oxygen atoms in total. The predicted octanol–water partition coefficient (Wildman–Crippen LogP) is 6.19. The summed E-state index contributed by atoms with van der Waals surface area (Å²) < 4.78 is 33.0. The van der Waals surface area contributed by atoms with E-state index >= 15 is 0 Å². The lowest BCUT2D eigenvalue weighted by atomic mass is 10.1. The Morgan fingerprint density at radius 1 is 0.971 bits per heavy atom. The number of ether oxygens (including phenoxy) is 1. The van der Waals surface area contributed by atoms with Crippen LogP contribution in [0.2, 0.25) is 10.0 Å². The number of carbonyl (C=O) groups is 1. The normalized spacial score (nSPS) is 11.2. The van der Waals surface area contributed by atoms with E-state index in [1.165, 1.54) is 61.6 Å². The van der Waals surface area contributed by atoms with Crippen molar-refractivity contribution in [2.75, 3.05) is 16.6 Å². The van der Waals surface area contributed by atoms with E-state index in [9.17, 15) is 13.2 Å². The summed E-state index contributed by atoms with van der Waals surface area (Å²) in [5.41, 5.74) is 0.638. The van der Waals surface area contributed by atoms with Crippen molar-refractivity contribution >= 4 is 50.8 Å². The van der Waals surface area contributed by atoms with Crippen molar-refractivity contribution in [3.05, 3.63) is 70.5 Å². The van der Waals surface area contributed by atoms with E-state index in [0.717, 1.165) is 19.3 Å². The molecule has 0 aliphatic heterocycles. The summed E-state index contributed by atoms with van der Waals surface area (Å²) >= 11 is 12.6. The molecule has 3 aromatic rings. The van der Waals surface area contributed by atoms with E-state index in [2.05, 4.69) is 26.9 Å². The van der Waals surface area contributed by atoms with Crippen LogP contribution in [-0.4, -0.2) is 30.9 Å². The average molecular weight is 537 g/mol. The van der Waals surface area contributed by atoms with Gasteiger partial charge in [0.2, 0.25) is 5.95 Å². The number of hydrogen-bond donors (Lipinski definition) is 2. The van der Waals surface area contributed by atoms with Crippen molar-refractivity contribution in [3.8, 4) is 5.75 Å². The smallest absolute Gasteiger partial charge is 0.264 e. The molecule has 0 fully saturated rings. The van der Waals surface area contributed by atoms with Gasteiger partial charge in [-0.25, -0.2) is 23.1 Å². The molecule has 11 heteroatoms. The first-order valence-electron chi connectivity index (χ1n) is 11.1. The predicted molar refractivity (Wildman–Crippen MR) is 138 cm³/mol. The highest BCUT2D eigenvalue weighted by Gasteiger charge is 2.17. The van der Waals surface area contributed by atoms with Crippen molar-refractivity contribution in [2.24, 2.45) is 0 Å². The molecule has 0 bridgehead atoms. The van der Waals surface area contributed by atoms with Gasteiger partial charge in [0, 0.05) is 23.6 Å². The van der Waals surface area contributed by atoms with Crippen LogP contribution < -0.4 is 14.8 Å². The molecule has 3 rings (SSSR count). The standard InChI is InChI=1S/C24H26Cl2N4O4S/c1-2-3-4-5-6-14-34-22-20(25)15-17(16-21(22)26)23(31)29-18-8-10-19(11-9-18)35(32,33)30-24-27-12-7-13-28-24/h7-13,15-16H,2-6,14H2,1H3,(H,29,31)(H,27,28,30). The Bertz CT molecular complexity index is 1220. The van der Waals surface area contributed by atoms with E-state index in [0.29, 0.717) is 18.0 Å². The third kappa shape index (κ3) is 7.81. The number of halogens is 2. The molecule has 2 N–H and O–H groups in total. The highest BCUT2D eigenvalue weighted by molar-refractivity contribution is 7.92. The third-order valence-corrected chi connectivity index (χ3v) is 6.87. The third-order valence-electron chi connectivity index (χ3n) is 4.97. The fourth-order valence-corrected chi connectivity index (χ4v) is 4.71. The summed E-state index contributed by atoms with van der Waals surface area (Å²) in [6.45, 7) is 2.66. The molecule has 0 saturated carbocycles. The molecule has 0 unspecified atom stereocenters. The molecule has 2 aromatic carbocycles. The second-order valence-electron chi connectivity index (χ2n) is 7.69. The molecular formula is C24H26Cl2N4O4S. The molecule has 0 saturated heterocycles. The van der Waals surface area contributed by atoms with E-state index < -0.39 is 15.9 Å². The quantitative estimate of drug-likeness (QED) is 0.267. The first-order chi connectivity index (χ1) is 16.8. The maximum atomic E-state index is 12.7. The Kier molecular flexibility index (Phi) is 9.71. The van der Waals surface area contributed by atoms with Gasteiger partial charge < -0.3 is 10.1 Å². The summed E-state index contributed by atoms with van der Waals surface area (Å²) in [4.78, 5) is 20.4. The van der Waals surface area contributed by atoms with Gasteiger partial charge in [0.15, 0.2) is 5.75 Å². The number of benzene rings is 2. The highest BCUT2D eigenvalue weighted by Crippen LogP contribution is 2.34. The lowest BCUT2D eigenvalue weighted by Gasteiger charge is -2.12. The minimum absolute atomic E-state index is 0.00904. The van der Waals surface area contributed by atoms with Gasteiger partial charge >= 0.3 is 0 Å².